The number of hydrogen-bond acceptors (Lipinski definition) is 5. The number of nitrogens with zero attached hydrogens (tertiary/aromatic N) is 4. The van der Waals surface area contributed by atoms with E-state index < -0.39 is 10.0 Å². The number of amides is 1. The minimum absolute atomic E-state index is 0.120. The van der Waals surface area contributed by atoms with Crippen molar-refractivity contribution in [2.24, 2.45) is 13.0 Å². The lowest BCUT2D eigenvalue weighted by atomic mass is 9.97. The van der Waals surface area contributed by atoms with Crippen LogP contribution >= 0.6 is 0 Å². The minimum atomic E-state index is -3.20. The van der Waals surface area contributed by atoms with Crippen molar-refractivity contribution in [2.45, 2.75) is 12.8 Å². The smallest absolute Gasteiger partial charge is 0.228 e. The molecule has 0 unspecified atom stereocenters. The van der Waals surface area contributed by atoms with Crippen molar-refractivity contribution in [3.8, 4) is 11.3 Å². The number of sulfonamides is 1. The van der Waals surface area contributed by atoms with Gasteiger partial charge in [-0.3, -0.25) is 9.48 Å². The van der Waals surface area contributed by atoms with Crippen LogP contribution < -0.4 is 5.32 Å². The Labute approximate surface area is 169 Å². The number of rotatable bonds is 4. The van der Waals surface area contributed by atoms with E-state index in [0.717, 1.165) is 22.0 Å². The van der Waals surface area contributed by atoms with E-state index in [-0.39, 0.29) is 11.8 Å². The molecule has 0 bridgehead atoms. The molecule has 9 heteroatoms. The first-order valence-corrected chi connectivity index (χ1v) is 11.3. The van der Waals surface area contributed by atoms with Gasteiger partial charge in [0.1, 0.15) is 5.82 Å². The summed E-state index contributed by atoms with van der Waals surface area (Å²) in [6, 6.07) is 9.82. The minimum Gasteiger partial charge on any atom is -0.310 e. The summed E-state index contributed by atoms with van der Waals surface area (Å²) in [5, 5.41) is 9.25. The summed E-state index contributed by atoms with van der Waals surface area (Å²) in [7, 11) is -1.32. The fourth-order valence-corrected chi connectivity index (χ4v) is 4.49. The normalized spacial score (nSPS) is 16.2. The maximum Gasteiger partial charge on any atom is 0.228 e. The zero-order chi connectivity index (χ0) is 20.6. The summed E-state index contributed by atoms with van der Waals surface area (Å²) >= 11 is 0. The monoisotopic (exact) mass is 413 g/mol. The van der Waals surface area contributed by atoms with E-state index in [4.69, 9.17) is 0 Å². The summed E-state index contributed by atoms with van der Waals surface area (Å²) in [6.07, 6.45) is 5.85. The number of pyridine rings is 1. The van der Waals surface area contributed by atoms with Gasteiger partial charge in [-0.2, -0.15) is 5.10 Å². The summed E-state index contributed by atoms with van der Waals surface area (Å²) in [5.74, 6) is 0.155. The van der Waals surface area contributed by atoms with Crippen molar-refractivity contribution in [3.05, 3.63) is 42.7 Å². The van der Waals surface area contributed by atoms with Crippen molar-refractivity contribution in [1.29, 1.82) is 0 Å². The molecule has 0 aliphatic carbocycles. The van der Waals surface area contributed by atoms with Crippen molar-refractivity contribution in [2.75, 3.05) is 24.7 Å². The van der Waals surface area contributed by atoms with Gasteiger partial charge >= 0.3 is 0 Å². The van der Waals surface area contributed by atoms with Crippen molar-refractivity contribution in [1.82, 2.24) is 19.1 Å². The second-order valence-electron chi connectivity index (χ2n) is 7.43. The van der Waals surface area contributed by atoms with E-state index in [2.05, 4.69) is 15.4 Å². The van der Waals surface area contributed by atoms with E-state index in [1.54, 1.807) is 10.9 Å². The van der Waals surface area contributed by atoms with Crippen LogP contribution in [0.3, 0.4) is 0 Å². The average molecular weight is 414 g/mol. The van der Waals surface area contributed by atoms with Gasteiger partial charge in [0.15, 0.2) is 0 Å². The Balaban J connectivity index is 1.48. The van der Waals surface area contributed by atoms with Crippen LogP contribution in [0, 0.1) is 5.92 Å². The molecule has 1 saturated heterocycles. The predicted molar refractivity (Wildman–Crippen MR) is 112 cm³/mol. The first kappa shape index (κ1) is 19.5. The molecule has 1 N–H and O–H groups in total. The first-order valence-electron chi connectivity index (χ1n) is 9.45. The van der Waals surface area contributed by atoms with Crippen LogP contribution in [0.25, 0.3) is 22.0 Å². The molecular formula is C20H23N5O3S. The van der Waals surface area contributed by atoms with Gasteiger partial charge in [-0.25, -0.2) is 17.7 Å². The molecule has 1 fully saturated rings. The zero-order valence-corrected chi connectivity index (χ0v) is 17.2. The fourth-order valence-electron chi connectivity index (χ4n) is 3.62. The Morgan fingerprint density at radius 2 is 1.90 bits per heavy atom. The number of carbonyl (C=O) groups is 1. The van der Waals surface area contributed by atoms with Gasteiger partial charge in [0.2, 0.25) is 15.9 Å². The molecule has 0 saturated carbocycles. The second-order valence-corrected chi connectivity index (χ2v) is 9.41. The third kappa shape index (κ3) is 4.30. The van der Waals surface area contributed by atoms with Gasteiger partial charge in [-0.15, -0.1) is 0 Å². The lowest BCUT2D eigenvalue weighted by molar-refractivity contribution is -0.120. The third-order valence-electron chi connectivity index (χ3n) is 5.28. The molecule has 1 aliphatic rings. The van der Waals surface area contributed by atoms with Crippen LogP contribution in [0.2, 0.25) is 0 Å². The molecule has 3 heterocycles. The summed E-state index contributed by atoms with van der Waals surface area (Å²) in [6.45, 7) is 0.741. The topological polar surface area (TPSA) is 97.2 Å². The van der Waals surface area contributed by atoms with Gasteiger partial charge in [0.25, 0.3) is 0 Å². The lowest BCUT2D eigenvalue weighted by Crippen LogP contribution is -2.40. The Bertz CT molecular complexity index is 1160. The Morgan fingerprint density at radius 1 is 1.14 bits per heavy atom. The van der Waals surface area contributed by atoms with Gasteiger partial charge in [-0.05, 0) is 36.4 Å². The number of aromatic nitrogens is 3. The standard InChI is InChI=1S/C20H23N5O3S/c1-24-8-7-18(23-24)15-3-4-16-13-21-19(12-17(16)11-15)22-20(26)14-5-9-25(10-6-14)29(2,27)28/h3-4,7-8,11-14H,5-6,9-10H2,1-2H3,(H,21,22,26). The Morgan fingerprint density at radius 3 is 2.55 bits per heavy atom. The maximum atomic E-state index is 12.6. The SMILES string of the molecule is Cn1ccc(-c2ccc3cnc(NC(=O)C4CCN(S(C)(=O)=O)CC4)cc3c2)n1. The van der Waals surface area contributed by atoms with Gasteiger partial charge in [0, 0.05) is 49.4 Å². The Kier molecular flexibility index (Phi) is 5.10. The molecule has 8 nitrogen and oxygen atoms in total. The predicted octanol–water partition coefficient (Wildman–Crippen LogP) is 2.25. The van der Waals surface area contributed by atoms with E-state index >= 15 is 0 Å². The molecule has 4 rings (SSSR count). The highest BCUT2D eigenvalue weighted by Gasteiger charge is 2.29. The molecule has 0 spiro atoms. The van der Waals surface area contributed by atoms with Crippen molar-refractivity contribution < 1.29 is 13.2 Å². The highest BCUT2D eigenvalue weighted by molar-refractivity contribution is 7.88. The molecule has 1 aliphatic heterocycles. The van der Waals surface area contributed by atoms with Crippen LogP contribution in [-0.2, 0) is 21.9 Å². The zero-order valence-electron chi connectivity index (χ0n) is 16.4. The second kappa shape index (κ2) is 7.57. The van der Waals surface area contributed by atoms with E-state index in [1.807, 2.05) is 43.6 Å². The molecule has 152 valence electrons. The molecule has 3 aromatic rings. The van der Waals surface area contributed by atoms with Crippen LogP contribution in [0.5, 0.6) is 0 Å². The van der Waals surface area contributed by atoms with Crippen LogP contribution in [0.15, 0.2) is 42.7 Å². The highest BCUT2D eigenvalue weighted by atomic mass is 32.2. The number of fused-ring (bicyclic) bond motifs is 1. The molecule has 1 amide bonds. The largest absolute Gasteiger partial charge is 0.310 e. The average Bonchev–Trinajstić information content (AvgIpc) is 3.13. The molecular weight excluding hydrogens is 390 g/mol. The molecule has 0 atom stereocenters. The fraction of sp³-hybridized carbons (Fsp3) is 0.350. The van der Waals surface area contributed by atoms with Gasteiger partial charge in [-0.1, -0.05) is 12.1 Å². The van der Waals surface area contributed by atoms with E-state index in [9.17, 15) is 13.2 Å². The number of benzene rings is 1. The number of piperidine rings is 1. The van der Waals surface area contributed by atoms with E-state index in [1.165, 1.54) is 10.6 Å². The van der Waals surface area contributed by atoms with Crippen LogP contribution in [0.4, 0.5) is 5.82 Å². The highest BCUT2D eigenvalue weighted by Crippen LogP contribution is 2.25. The molecule has 2 aromatic heterocycles. The summed E-state index contributed by atoms with van der Waals surface area (Å²) in [4.78, 5) is 17.0. The number of carbonyl (C=O) groups excluding carboxylic acids is 1. The maximum absolute atomic E-state index is 12.6. The van der Waals surface area contributed by atoms with Crippen molar-refractivity contribution >= 4 is 32.5 Å². The van der Waals surface area contributed by atoms with Crippen LogP contribution in [0.1, 0.15) is 12.8 Å². The molecule has 0 radical (unpaired) electrons. The number of aryl methyl sites for hydroxylation is 1. The third-order valence-corrected chi connectivity index (χ3v) is 6.58. The summed E-state index contributed by atoms with van der Waals surface area (Å²) < 4.78 is 26.4. The molecule has 29 heavy (non-hydrogen) atoms. The quantitative estimate of drug-likeness (QED) is 0.708. The first-order chi connectivity index (χ1) is 13.8. The Hall–Kier alpha value is -2.78. The molecule has 1 aromatic carbocycles. The van der Waals surface area contributed by atoms with Gasteiger partial charge < -0.3 is 5.32 Å². The van der Waals surface area contributed by atoms with Crippen molar-refractivity contribution in [3.63, 3.8) is 0 Å². The number of anilines is 1. The lowest BCUT2D eigenvalue weighted by Gasteiger charge is -2.29. The summed E-state index contributed by atoms with van der Waals surface area (Å²) in [5.41, 5.74) is 1.88. The van der Waals surface area contributed by atoms with E-state index in [0.29, 0.717) is 31.7 Å². The van der Waals surface area contributed by atoms with Gasteiger partial charge in [0.05, 0.1) is 11.9 Å². The number of nitrogens with one attached hydrogen (secondary N) is 1. The number of hydrogen-bond donors (Lipinski definition) is 1. The van der Waals surface area contributed by atoms with Crippen LogP contribution in [-0.4, -0.2) is 52.7 Å².